The number of carbonyl (C=O) groups is 3. The van der Waals surface area contributed by atoms with E-state index in [9.17, 15) is 34.0 Å². The van der Waals surface area contributed by atoms with Crippen molar-refractivity contribution in [1.82, 2.24) is 4.90 Å². The lowest BCUT2D eigenvalue weighted by Crippen LogP contribution is -2.36. The van der Waals surface area contributed by atoms with Crippen molar-refractivity contribution in [2.24, 2.45) is 0 Å². The fourth-order valence-electron chi connectivity index (χ4n) is 2.66. The number of aromatic hydroxyl groups is 1. The van der Waals surface area contributed by atoms with Crippen LogP contribution < -0.4 is 10.1 Å². The number of benzene rings is 2. The molecule has 0 radical (unpaired) electrons. The monoisotopic (exact) mass is 447 g/mol. The van der Waals surface area contributed by atoms with Gasteiger partial charge < -0.3 is 15.2 Å². The number of anilines is 1. The number of hydrogen-bond donors (Lipinski definition) is 2. The number of nitro benzene ring substituents is 1. The van der Waals surface area contributed by atoms with Crippen molar-refractivity contribution >= 4 is 46.3 Å². The molecule has 31 heavy (non-hydrogen) atoms. The number of phenolic OH excluding ortho intramolecular Hbond substituents is 1. The number of nitrogens with one attached hydrogen (secondary N) is 1. The maximum absolute atomic E-state index is 12.9. The van der Waals surface area contributed by atoms with Crippen LogP contribution in [0.5, 0.6) is 11.5 Å². The number of methoxy groups -OCH3 is 1. The lowest BCUT2D eigenvalue weighted by atomic mass is 10.1. The van der Waals surface area contributed by atoms with Crippen molar-refractivity contribution < 1.29 is 33.5 Å². The minimum Gasteiger partial charge on any atom is -0.500 e. The Morgan fingerprint density at radius 3 is 2.61 bits per heavy atom. The van der Waals surface area contributed by atoms with Crippen molar-refractivity contribution in [2.45, 2.75) is 0 Å². The summed E-state index contributed by atoms with van der Waals surface area (Å²) < 4.78 is 17.8. The average Bonchev–Trinajstić information content (AvgIpc) is 2.98. The van der Waals surface area contributed by atoms with Gasteiger partial charge in [0.25, 0.3) is 11.1 Å². The molecule has 0 aromatic heterocycles. The number of halogens is 1. The molecular formula is C19H14FN3O7S. The Labute approximate surface area is 178 Å². The van der Waals surface area contributed by atoms with Gasteiger partial charge in [-0.25, -0.2) is 4.39 Å². The lowest BCUT2D eigenvalue weighted by Gasteiger charge is -2.12. The van der Waals surface area contributed by atoms with Gasteiger partial charge in [-0.05, 0) is 53.7 Å². The highest BCUT2D eigenvalue weighted by Gasteiger charge is 2.36. The number of thioether (sulfide) groups is 1. The minimum absolute atomic E-state index is 0.0679. The van der Waals surface area contributed by atoms with Crippen LogP contribution in [0.2, 0.25) is 0 Å². The van der Waals surface area contributed by atoms with Crippen molar-refractivity contribution in [2.75, 3.05) is 19.0 Å². The summed E-state index contributed by atoms with van der Waals surface area (Å²) >= 11 is 0.555. The van der Waals surface area contributed by atoms with Gasteiger partial charge in [-0.3, -0.25) is 29.4 Å². The molecule has 160 valence electrons. The summed E-state index contributed by atoms with van der Waals surface area (Å²) in [5.41, 5.74) is -0.205. The fourth-order valence-corrected chi connectivity index (χ4v) is 3.50. The van der Waals surface area contributed by atoms with E-state index in [0.717, 1.165) is 18.2 Å². The molecule has 2 aromatic rings. The molecular weight excluding hydrogens is 433 g/mol. The molecule has 1 aliphatic heterocycles. The van der Waals surface area contributed by atoms with E-state index in [0.29, 0.717) is 16.7 Å². The van der Waals surface area contributed by atoms with Gasteiger partial charge >= 0.3 is 5.69 Å². The van der Waals surface area contributed by atoms with E-state index in [4.69, 9.17) is 4.74 Å². The Balaban J connectivity index is 1.79. The Kier molecular flexibility index (Phi) is 6.20. The zero-order chi connectivity index (χ0) is 22.7. The van der Waals surface area contributed by atoms with Crippen LogP contribution in [-0.2, 0) is 9.59 Å². The van der Waals surface area contributed by atoms with Crippen LogP contribution >= 0.6 is 11.8 Å². The zero-order valence-corrected chi connectivity index (χ0v) is 16.6. The highest BCUT2D eigenvalue weighted by atomic mass is 32.2. The van der Waals surface area contributed by atoms with Gasteiger partial charge in [0, 0.05) is 11.8 Å². The van der Waals surface area contributed by atoms with Crippen LogP contribution in [0, 0.1) is 15.9 Å². The Bertz CT molecular complexity index is 1120. The van der Waals surface area contributed by atoms with Crippen molar-refractivity contribution in [1.29, 1.82) is 0 Å². The fraction of sp³-hybridized carbons (Fsp3) is 0.105. The summed E-state index contributed by atoms with van der Waals surface area (Å²) in [5.74, 6) is -2.77. The second-order valence-corrected chi connectivity index (χ2v) is 7.16. The molecule has 3 amide bonds. The summed E-state index contributed by atoms with van der Waals surface area (Å²) in [6.07, 6.45) is 1.22. The predicted molar refractivity (Wildman–Crippen MR) is 109 cm³/mol. The Morgan fingerprint density at radius 1 is 1.32 bits per heavy atom. The third-order valence-electron chi connectivity index (χ3n) is 4.09. The summed E-state index contributed by atoms with van der Waals surface area (Å²) in [4.78, 5) is 47.8. The van der Waals surface area contributed by atoms with E-state index in [1.165, 1.54) is 31.4 Å². The maximum Gasteiger partial charge on any atom is 0.315 e. The Morgan fingerprint density at radius 2 is 2.00 bits per heavy atom. The van der Waals surface area contributed by atoms with Gasteiger partial charge in [0.1, 0.15) is 12.4 Å². The molecule has 0 bridgehead atoms. The van der Waals surface area contributed by atoms with Crippen LogP contribution in [0.1, 0.15) is 5.56 Å². The van der Waals surface area contributed by atoms with Crippen LogP contribution in [-0.4, -0.2) is 45.6 Å². The molecule has 1 heterocycles. The average molecular weight is 447 g/mol. The van der Waals surface area contributed by atoms with Crippen LogP contribution in [0.3, 0.4) is 0 Å². The quantitative estimate of drug-likeness (QED) is 0.391. The number of ether oxygens (including phenoxy) is 1. The summed E-state index contributed by atoms with van der Waals surface area (Å²) in [6.45, 7) is -0.571. The largest absolute Gasteiger partial charge is 0.500 e. The van der Waals surface area contributed by atoms with Gasteiger partial charge in [-0.2, -0.15) is 0 Å². The van der Waals surface area contributed by atoms with Gasteiger partial charge in [-0.15, -0.1) is 0 Å². The smallest absolute Gasteiger partial charge is 0.315 e. The standard InChI is InChI=1S/C19H14FN3O7S/c1-30-14-7-10(6-13(17(14)25)23(28)29)8-15-18(26)22(19(27)31-15)9-16(24)21-12-4-2-11(20)3-5-12/h2-8,25H,9H2,1H3,(H,21,24)/b15-8-. The first-order chi connectivity index (χ1) is 14.7. The predicted octanol–water partition coefficient (Wildman–Crippen LogP) is 3.12. The second kappa shape index (κ2) is 8.83. The number of hydrogen-bond acceptors (Lipinski definition) is 8. The minimum atomic E-state index is -0.819. The van der Waals surface area contributed by atoms with E-state index >= 15 is 0 Å². The molecule has 12 heteroatoms. The number of rotatable bonds is 6. The molecule has 10 nitrogen and oxygen atoms in total. The normalized spacial score (nSPS) is 14.8. The second-order valence-electron chi connectivity index (χ2n) is 6.17. The third-order valence-corrected chi connectivity index (χ3v) is 5.00. The highest BCUT2D eigenvalue weighted by Crippen LogP contribution is 2.39. The van der Waals surface area contributed by atoms with Crippen LogP contribution in [0.4, 0.5) is 20.6 Å². The molecule has 2 aromatic carbocycles. The summed E-state index contributed by atoms with van der Waals surface area (Å²) in [7, 11) is 1.20. The molecule has 1 aliphatic rings. The first-order valence-corrected chi connectivity index (χ1v) is 9.37. The zero-order valence-electron chi connectivity index (χ0n) is 15.8. The topological polar surface area (TPSA) is 139 Å². The van der Waals surface area contributed by atoms with E-state index in [-0.39, 0.29) is 21.9 Å². The molecule has 0 unspecified atom stereocenters. The maximum atomic E-state index is 12.9. The molecule has 0 saturated carbocycles. The first kappa shape index (κ1) is 21.8. The van der Waals surface area contributed by atoms with E-state index in [2.05, 4.69) is 5.32 Å². The number of carbonyl (C=O) groups excluding carboxylic acids is 3. The molecule has 3 rings (SSSR count). The SMILES string of the molecule is COc1cc(/C=C2\SC(=O)N(CC(=O)Nc3ccc(F)cc3)C2=O)cc([N+](=O)[O-])c1O. The summed E-state index contributed by atoms with van der Waals surface area (Å²) in [6, 6.07) is 7.22. The number of amides is 3. The summed E-state index contributed by atoms with van der Waals surface area (Å²) in [5, 5.41) is 22.7. The van der Waals surface area contributed by atoms with Crippen molar-refractivity contribution in [3.05, 3.63) is 62.8 Å². The van der Waals surface area contributed by atoms with E-state index in [1.54, 1.807) is 0 Å². The van der Waals surface area contributed by atoms with Crippen LogP contribution in [0.25, 0.3) is 6.08 Å². The number of imide groups is 1. The van der Waals surface area contributed by atoms with Crippen LogP contribution in [0.15, 0.2) is 41.3 Å². The van der Waals surface area contributed by atoms with Gasteiger partial charge in [0.15, 0.2) is 5.75 Å². The number of nitrogens with zero attached hydrogens (tertiary/aromatic N) is 2. The Hall–Kier alpha value is -3.93. The molecule has 1 fully saturated rings. The molecule has 1 saturated heterocycles. The number of phenols is 1. The number of nitro groups is 1. The molecule has 2 N–H and O–H groups in total. The van der Waals surface area contributed by atoms with E-state index in [1.807, 2.05) is 0 Å². The highest BCUT2D eigenvalue weighted by molar-refractivity contribution is 8.18. The molecule has 0 spiro atoms. The molecule has 0 aliphatic carbocycles. The van der Waals surface area contributed by atoms with Crippen molar-refractivity contribution in [3.8, 4) is 11.5 Å². The van der Waals surface area contributed by atoms with Gasteiger partial charge in [0.05, 0.1) is 16.9 Å². The van der Waals surface area contributed by atoms with Gasteiger partial charge in [0.2, 0.25) is 11.7 Å². The molecule has 0 atom stereocenters. The van der Waals surface area contributed by atoms with Crippen molar-refractivity contribution in [3.63, 3.8) is 0 Å². The first-order valence-electron chi connectivity index (χ1n) is 8.55. The van der Waals surface area contributed by atoms with Gasteiger partial charge in [-0.1, -0.05) is 0 Å². The van der Waals surface area contributed by atoms with E-state index < -0.39 is 45.8 Å². The third kappa shape index (κ3) is 4.80. The lowest BCUT2D eigenvalue weighted by molar-refractivity contribution is -0.386.